The van der Waals surface area contributed by atoms with E-state index in [2.05, 4.69) is 0 Å². The summed E-state index contributed by atoms with van der Waals surface area (Å²) in [5, 5.41) is 0. The first-order valence-corrected chi connectivity index (χ1v) is 7.84. The second-order valence-electron chi connectivity index (χ2n) is 3.59. The molecule has 0 amide bonds. The van der Waals surface area contributed by atoms with E-state index in [1.54, 1.807) is 13.8 Å². The lowest BCUT2D eigenvalue weighted by atomic mass is 10.2. The first kappa shape index (κ1) is 15.4. The topological polar surface area (TPSA) is 44.8 Å². The number of ether oxygens (including phenoxy) is 1. The lowest BCUT2D eigenvalue weighted by Crippen LogP contribution is -2.10. The second-order valence-corrected chi connectivity index (χ2v) is 5.66. The fourth-order valence-electron chi connectivity index (χ4n) is 1.68. The molecule has 18 heavy (non-hydrogen) atoms. The monoisotopic (exact) mass is 272 g/mol. The van der Waals surface area contributed by atoms with Gasteiger partial charge in [-0.25, -0.2) is 0 Å². The van der Waals surface area contributed by atoms with Gasteiger partial charge in [-0.3, -0.25) is 4.57 Å². The fraction of sp³-hybridized carbons (Fsp3) is 0.538. The zero-order valence-electron chi connectivity index (χ0n) is 11.2. The Kier molecular flexibility index (Phi) is 6.58. The third-order valence-corrected chi connectivity index (χ3v) is 4.57. The molecule has 0 saturated carbocycles. The highest BCUT2D eigenvalue weighted by Gasteiger charge is 2.37. The Balaban J connectivity index is 3.04. The molecule has 1 rings (SSSR count). The van der Waals surface area contributed by atoms with Crippen molar-refractivity contribution in [3.05, 3.63) is 35.9 Å². The van der Waals surface area contributed by atoms with Gasteiger partial charge in [0, 0.05) is 6.61 Å². The largest absolute Gasteiger partial charge is 0.363 e. The molecule has 0 spiro atoms. The minimum Gasteiger partial charge on any atom is -0.361 e. The Morgan fingerprint density at radius 2 is 1.56 bits per heavy atom. The van der Waals surface area contributed by atoms with Crippen molar-refractivity contribution in [2.45, 2.75) is 26.6 Å². The molecule has 0 fully saturated rings. The van der Waals surface area contributed by atoms with Gasteiger partial charge in [-0.15, -0.1) is 0 Å². The predicted molar refractivity (Wildman–Crippen MR) is 71.7 cm³/mol. The molecular formula is C13H21O4P. The van der Waals surface area contributed by atoms with Crippen molar-refractivity contribution in [1.82, 2.24) is 0 Å². The Hall–Kier alpha value is -0.670. The van der Waals surface area contributed by atoms with Crippen LogP contribution < -0.4 is 0 Å². The molecule has 0 saturated heterocycles. The first-order valence-electron chi connectivity index (χ1n) is 6.23. The van der Waals surface area contributed by atoms with Crippen LogP contribution in [0.5, 0.6) is 0 Å². The number of hydrogen-bond donors (Lipinski definition) is 0. The van der Waals surface area contributed by atoms with Gasteiger partial charge >= 0.3 is 7.60 Å². The summed E-state index contributed by atoms with van der Waals surface area (Å²) in [4.78, 5) is 0. The van der Waals surface area contributed by atoms with Crippen LogP contribution in [0.25, 0.3) is 0 Å². The summed E-state index contributed by atoms with van der Waals surface area (Å²) in [6.45, 7) is 6.54. The zero-order valence-corrected chi connectivity index (χ0v) is 12.1. The Morgan fingerprint density at radius 3 is 2.00 bits per heavy atom. The molecule has 1 atom stereocenters. The van der Waals surface area contributed by atoms with Crippen LogP contribution >= 0.6 is 7.60 Å². The molecule has 0 N–H and O–H groups in total. The molecular weight excluding hydrogens is 251 g/mol. The quantitative estimate of drug-likeness (QED) is 0.671. The van der Waals surface area contributed by atoms with Gasteiger partial charge < -0.3 is 13.8 Å². The Bertz CT molecular complexity index is 370. The molecule has 5 heteroatoms. The van der Waals surface area contributed by atoms with Crippen molar-refractivity contribution in [3.63, 3.8) is 0 Å². The van der Waals surface area contributed by atoms with Crippen molar-refractivity contribution in [3.8, 4) is 0 Å². The minimum atomic E-state index is -3.29. The summed E-state index contributed by atoms with van der Waals surface area (Å²) in [5.74, 6) is -0.663. The predicted octanol–water partition coefficient (Wildman–Crippen LogP) is 3.99. The molecule has 1 aromatic carbocycles. The van der Waals surface area contributed by atoms with E-state index in [-0.39, 0.29) is 0 Å². The molecule has 1 unspecified atom stereocenters. The summed E-state index contributed by atoms with van der Waals surface area (Å²) in [5.41, 5.74) is 0.810. The van der Waals surface area contributed by atoms with Crippen molar-refractivity contribution in [2.24, 2.45) is 0 Å². The molecule has 0 aliphatic rings. The van der Waals surface area contributed by atoms with Gasteiger partial charge in [-0.05, 0) is 26.3 Å². The van der Waals surface area contributed by atoms with Crippen LogP contribution in [0.3, 0.4) is 0 Å². The summed E-state index contributed by atoms with van der Waals surface area (Å²) in [6, 6.07) is 9.39. The SMILES string of the molecule is CCOC(c1ccccc1)P(=O)(OCC)OCC. The van der Waals surface area contributed by atoms with Crippen LogP contribution in [-0.4, -0.2) is 19.8 Å². The van der Waals surface area contributed by atoms with Gasteiger partial charge in [0.25, 0.3) is 0 Å². The second kappa shape index (κ2) is 7.70. The maximum atomic E-state index is 12.7. The highest BCUT2D eigenvalue weighted by Crippen LogP contribution is 2.61. The minimum absolute atomic E-state index is 0.327. The van der Waals surface area contributed by atoms with Crippen LogP contribution in [0, 0.1) is 0 Å². The van der Waals surface area contributed by atoms with E-state index in [0.29, 0.717) is 19.8 Å². The van der Waals surface area contributed by atoms with Crippen LogP contribution in [0.15, 0.2) is 30.3 Å². The summed E-state index contributed by atoms with van der Waals surface area (Å²) in [7, 11) is -3.29. The van der Waals surface area contributed by atoms with Crippen molar-refractivity contribution >= 4 is 7.60 Å². The van der Waals surface area contributed by atoms with Gasteiger partial charge in [0.1, 0.15) is 0 Å². The molecule has 0 bridgehead atoms. The number of benzene rings is 1. The molecule has 0 aliphatic heterocycles. The maximum Gasteiger partial charge on any atom is 0.363 e. The highest BCUT2D eigenvalue weighted by atomic mass is 31.2. The highest BCUT2D eigenvalue weighted by molar-refractivity contribution is 7.54. The van der Waals surface area contributed by atoms with Gasteiger partial charge in [-0.1, -0.05) is 30.3 Å². The van der Waals surface area contributed by atoms with E-state index in [9.17, 15) is 4.57 Å². The lowest BCUT2D eigenvalue weighted by Gasteiger charge is -2.26. The van der Waals surface area contributed by atoms with E-state index < -0.39 is 13.4 Å². The zero-order chi connectivity index (χ0) is 13.4. The lowest BCUT2D eigenvalue weighted by molar-refractivity contribution is 0.0783. The summed E-state index contributed by atoms with van der Waals surface area (Å²) >= 11 is 0. The van der Waals surface area contributed by atoms with Crippen LogP contribution in [0.4, 0.5) is 0 Å². The van der Waals surface area contributed by atoms with E-state index in [1.807, 2.05) is 37.3 Å². The van der Waals surface area contributed by atoms with E-state index in [1.165, 1.54) is 0 Å². The van der Waals surface area contributed by atoms with Crippen molar-refractivity contribution < 1.29 is 18.3 Å². The molecule has 0 radical (unpaired) electrons. The van der Waals surface area contributed by atoms with E-state index in [0.717, 1.165) is 5.56 Å². The smallest absolute Gasteiger partial charge is 0.361 e. The molecule has 0 heterocycles. The first-order chi connectivity index (χ1) is 8.68. The molecule has 0 aromatic heterocycles. The van der Waals surface area contributed by atoms with Crippen LogP contribution in [-0.2, 0) is 18.3 Å². The normalized spacial score (nSPS) is 13.5. The fourth-order valence-corrected chi connectivity index (χ4v) is 3.61. The number of rotatable bonds is 8. The summed E-state index contributed by atoms with van der Waals surface area (Å²) < 4.78 is 29.0. The van der Waals surface area contributed by atoms with Crippen molar-refractivity contribution in [2.75, 3.05) is 19.8 Å². The van der Waals surface area contributed by atoms with Crippen LogP contribution in [0.2, 0.25) is 0 Å². The van der Waals surface area contributed by atoms with Crippen molar-refractivity contribution in [1.29, 1.82) is 0 Å². The molecule has 102 valence electrons. The van der Waals surface area contributed by atoms with Gasteiger partial charge in [-0.2, -0.15) is 0 Å². The average Bonchev–Trinajstić information content (AvgIpc) is 2.37. The molecule has 1 aromatic rings. The van der Waals surface area contributed by atoms with E-state index in [4.69, 9.17) is 13.8 Å². The average molecular weight is 272 g/mol. The molecule has 0 aliphatic carbocycles. The van der Waals surface area contributed by atoms with Gasteiger partial charge in [0.05, 0.1) is 13.2 Å². The Labute approximate surface area is 109 Å². The van der Waals surface area contributed by atoms with E-state index >= 15 is 0 Å². The Morgan fingerprint density at radius 1 is 1.00 bits per heavy atom. The van der Waals surface area contributed by atoms with Gasteiger partial charge in [0.2, 0.25) is 0 Å². The standard InChI is InChI=1S/C13H21O4P/c1-4-15-13(12-10-8-7-9-11-12)18(14,16-5-2)17-6-3/h7-11,13H,4-6H2,1-3H3. The van der Waals surface area contributed by atoms with Crippen LogP contribution in [0.1, 0.15) is 32.2 Å². The third-order valence-electron chi connectivity index (χ3n) is 2.31. The maximum absolute atomic E-state index is 12.7. The molecule has 4 nitrogen and oxygen atoms in total. The number of hydrogen-bond acceptors (Lipinski definition) is 4. The van der Waals surface area contributed by atoms with Gasteiger partial charge in [0.15, 0.2) is 5.85 Å². The summed E-state index contributed by atoms with van der Waals surface area (Å²) in [6.07, 6.45) is 0. The third kappa shape index (κ3) is 3.92.